The first kappa shape index (κ1) is 7.08. The quantitative estimate of drug-likeness (QED) is 0.523. The summed E-state index contributed by atoms with van der Waals surface area (Å²) in [5.41, 5.74) is 0. The Labute approximate surface area is 67.5 Å². The standard InChI is InChI=1S/C10H14O/c1-6(2)9-7-4-3-5-8(7)10(9)11/h3-4,6-9H,5H2,1-2H3/t7-,8+,9+/m1/s1. The number of rotatable bonds is 1. The first-order valence-electron chi connectivity index (χ1n) is 4.42. The van der Waals surface area contributed by atoms with E-state index in [0.29, 0.717) is 29.5 Å². The third-order valence-corrected chi connectivity index (χ3v) is 3.04. The number of carbonyl (C=O) groups is 1. The van der Waals surface area contributed by atoms with Crippen LogP contribution in [0.25, 0.3) is 0 Å². The second-order valence-electron chi connectivity index (χ2n) is 4.02. The molecule has 0 aromatic rings. The number of hydrogen-bond donors (Lipinski definition) is 0. The highest BCUT2D eigenvalue weighted by Crippen LogP contribution is 2.47. The zero-order valence-corrected chi connectivity index (χ0v) is 7.08. The van der Waals surface area contributed by atoms with Gasteiger partial charge in [0.1, 0.15) is 5.78 Å². The molecule has 0 heterocycles. The lowest BCUT2D eigenvalue weighted by Crippen LogP contribution is -2.47. The number of ketones is 1. The van der Waals surface area contributed by atoms with E-state index >= 15 is 0 Å². The van der Waals surface area contributed by atoms with Gasteiger partial charge in [0.15, 0.2) is 0 Å². The molecule has 1 fully saturated rings. The van der Waals surface area contributed by atoms with Crippen LogP contribution in [-0.4, -0.2) is 5.78 Å². The molecule has 1 heteroatoms. The summed E-state index contributed by atoms with van der Waals surface area (Å²) in [6.07, 6.45) is 5.40. The molecule has 0 aromatic heterocycles. The van der Waals surface area contributed by atoms with Crippen LogP contribution in [0.3, 0.4) is 0 Å². The molecular weight excluding hydrogens is 136 g/mol. The maximum Gasteiger partial charge on any atom is 0.140 e. The van der Waals surface area contributed by atoms with Crippen molar-refractivity contribution < 1.29 is 4.79 Å². The van der Waals surface area contributed by atoms with Crippen LogP contribution in [0.1, 0.15) is 20.3 Å². The Hall–Kier alpha value is -0.590. The normalized spacial score (nSPS) is 41.0. The molecule has 60 valence electrons. The molecule has 0 radical (unpaired) electrons. The van der Waals surface area contributed by atoms with Crippen LogP contribution in [0.2, 0.25) is 0 Å². The van der Waals surface area contributed by atoms with Crippen LogP contribution in [0.15, 0.2) is 12.2 Å². The van der Waals surface area contributed by atoms with Crippen molar-refractivity contribution in [3.63, 3.8) is 0 Å². The summed E-state index contributed by atoms with van der Waals surface area (Å²) < 4.78 is 0. The molecule has 0 bridgehead atoms. The molecule has 0 unspecified atom stereocenters. The minimum absolute atomic E-state index is 0.346. The molecule has 0 amide bonds. The third kappa shape index (κ3) is 0.800. The van der Waals surface area contributed by atoms with Crippen LogP contribution < -0.4 is 0 Å². The Morgan fingerprint density at radius 3 is 2.91 bits per heavy atom. The monoisotopic (exact) mass is 150 g/mol. The van der Waals surface area contributed by atoms with Crippen molar-refractivity contribution in [2.75, 3.05) is 0 Å². The van der Waals surface area contributed by atoms with Gasteiger partial charge in [-0.15, -0.1) is 0 Å². The lowest BCUT2D eigenvalue weighted by Gasteiger charge is -2.40. The van der Waals surface area contributed by atoms with Crippen molar-refractivity contribution in [1.29, 1.82) is 0 Å². The second-order valence-corrected chi connectivity index (χ2v) is 4.02. The summed E-state index contributed by atoms with van der Waals surface area (Å²) in [4.78, 5) is 11.4. The smallest absolute Gasteiger partial charge is 0.140 e. The van der Waals surface area contributed by atoms with E-state index in [1.54, 1.807) is 0 Å². The lowest BCUT2D eigenvalue weighted by atomic mass is 9.61. The Morgan fingerprint density at radius 2 is 2.27 bits per heavy atom. The van der Waals surface area contributed by atoms with Gasteiger partial charge in [-0.2, -0.15) is 0 Å². The highest BCUT2D eigenvalue weighted by atomic mass is 16.1. The van der Waals surface area contributed by atoms with Gasteiger partial charge in [0.2, 0.25) is 0 Å². The van der Waals surface area contributed by atoms with E-state index in [1.165, 1.54) is 0 Å². The van der Waals surface area contributed by atoms with Crippen molar-refractivity contribution >= 4 is 5.78 Å². The van der Waals surface area contributed by atoms with Crippen LogP contribution in [0, 0.1) is 23.7 Å². The van der Waals surface area contributed by atoms with Gasteiger partial charge in [-0.3, -0.25) is 4.79 Å². The summed E-state index contributed by atoms with van der Waals surface area (Å²) in [7, 11) is 0. The maximum absolute atomic E-state index is 11.4. The summed E-state index contributed by atoms with van der Waals surface area (Å²) in [5, 5.41) is 0. The number of allylic oxidation sites excluding steroid dienone is 2. The van der Waals surface area contributed by atoms with Gasteiger partial charge >= 0.3 is 0 Å². The molecule has 2 rings (SSSR count). The Morgan fingerprint density at radius 1 is 1.55 bits per heavy atom. The fraction of sp³-hybridized carbons (Fsp3) is 0.700. The number of Topliss-reactive ketones (excluding diaryl/α,β-unsaturated/α-hetero) is 1. The molecule has 2 aliphatic rings. The molecule has 0 N–H and O–H groups in total. The molecular formula is C10H14O. The Kier molecular flexibility index (Phi) is 1.41. The molecule has 3 atom stereocenters. The van der Waals surface area contributed by atoms with Crippen LogP contribution in [0.4, 0.5) is 0 Å². The molecule has 1 nitrogen and oxygen atoms in total. The van der Waals surface area contributed by atoms with E-state index in [-0.39, 0.29) is 0 Å². The topological polar surface area (TPSA) is 17.1 Å². The predicted molar refractivity (Wildman–Crippen MR) is 44.1 cm³/mol. The number of fused-ring (bicyclic) bond motifs is 1. The van der Waals surface area contributed by atoms with Crippen molar-refractivity contribution in [3.8, 4) is 0 Å². The van der Waals surface area contributed by atoms with Crippen LogP contribution in [0.5, 0.6) is 0 Å². The fourth-order valence-electron chi connectivity index (χ4n) is 2.44. The molecule has 2 aliphatic carbocycles. The Balaban J connectivity index is 2.14. The Bertz CT molecular complexity index is 215. The molecule has 0 aliphatic heterocycles. The van der Waals surface area contributed by atoms with E-state index in [0.717, 1.165) is 6.42 Å². The van der Waals surface area contributed by atoms with Crippen molar-refractivity contribution in [1.82, 2.24) is 0 Å². The highest BCUT2D eigenvalue weighted by molar-refractivity contribution is 5.91. The largest absolute Gasteiger partial charge is 0.299 e. The van der Waals surface area contributed by atoms with E-state index in [1.807, 2.05) is 0 Å². The summed E-state index contributed by atoms with van der Waals surface area (Å²) in [6.45, 7) is 4.29. The summed E-state index contributed by atoms with van der Waals surface area (Å²) >= 11 is 0. The predicted octanol–water partition coefficient (Wildman–Crippen LogP) is 2.03. The average Bonchev–Trinajstić information content (AvgIpc) is 2.30. The van der Waals surface area contributed by atoms with Gasteiger partial charge in [-0.05, 0) is 18.3 Å². The van der Waals surface area contributed by atoms with Gasteiger partial charge in [0.25, 0.3) is 0 Å². The second kappa shape index (κ2) is 2.20. The zero-order chi connectivity index (χ0) is 8.01. The first-order valence-corrected chi connectivity index (χ1v) is 4.42. The van der Waals surface area contributed by atoms with Crippen LogP contribution in [-0.2, 0) is 4.79 Å². The van der Waals surface area contributed by atoms with E-state index < -0.39 is 0 Å². The maximum atomic E-state index is 11.4. The minimum Gasteiger partial charge on any atom is -0.299 e. The van der Waals surface area contributed by atoms with Gasteiger partial charge in [-0.25, -0.2) is 0 Å². The number of carbonyl (C=O) groups excluding carboxylic acids is 1. The first-order chi connectivity index (χ1) is 5.22. The molecule has 0 aromatic carbocycles. The van der Waals surface area contributed by atoms with Gasteiger partial charge in [-0.1, -0.05) is 26.0 Å². The zero-order valence-electron chi connectivity index (χ0n) is 7.08. The van der Waals surface area contributed by atoms with Gasteiger partial charge < -0.3 is 0 Å². The van der Waals surface area contributed by atoms with Crippen molar-refractivity contribution in [2.45, 2.75) is 20.3 Å². The van der Waals surface area contributed by atoms with E-state index in [9.17, 15) is 4.79 Å². The van der Waals surface area contributed by atoms with Crippen LogP contribution >= 0.6 is 0 Å². The van der Waals surface area contributed by atoms with Crippen molar-refractivity contribution in [3.05, 3.63) is 12.2 Å². The molecule has 11 heavy (non-hydrogen) atoms. The SMILES string of the molecule is CC(C)[C@@H]1C(=O)[C@H]2CC=C[C@H]21. The lowest BCUT2D eigenvalue weighted by molar-refractivity contribution is -0.141. The van der Waals surface area contributed by atoms with Gasteiger partial charge in [0.05, 0.1) is 0 Å². The van der Waals surface area contributed by atoms with Gasteiger partial charge in [0, 0.05) is 11.8 Å². The third-order valence-electron chi connectivity index (χ3n) is 3.04. The van der Waals surface area contributed by atoms with E-state index in [2.05, 4.69) is 26.0 Å². The highest BCUT2D eigenvalue weighted by Gasteiger charge is 2.50. The van der Waals surface area contributed by atoms with E-state index in [4.69, 9.17) is 0 Å². The van der Waals surface area contributed by atoms with Crippen molar-refractivity contribution in [2.24, 2.45) is 23.7 Å². The summed E-state index contributed by atoms with van der Waals surface area (Å²) in [5.74, 6) is 2.37. The minimum atomic E-state index is 0.346. The summed E-state index contributed by atoms with van der Waals surface area (Å²) in [6, 6.07) is 0. The number of hydrogen-bond acceptors (Lipinski definition) is 1. The average molecular weight is 150 g/mol. The molecule has 0 saturated heterocycles. The molecule has 1 saturated carbocycles. The fourth-order valence-corrected chi connectivity index (χ4v) is 2.44. The molecule has 0 spiro atoms.